The number of fused-ring (bicyclic) bond motifs is 1. The summed E-state index contributed by atoms with van der Waals surface area (Å²) in [6.07, 6.45) is 4.50. The minimum atomic E-state index is -0.150. The van der Waals surface area contributed by atoms with E-state index in [1.165, 1.54) is 6.42 Å². The maximum absolute atomic E-state index is 12.7. The lowest BCUT2D eigenvalue weighted by Crippen LogP contribution is -2.13. The van der Waals surface area contributed by atoms with Gasteiger partial charge in [0.2, 0.25) is 0 Å². The normalized spacial score (nSPS) is 13.5. The third kappa shape index (κ3) is 3.63. The van der Waals surface area contributed by atoms with Crippen molar-refractivity contribution in [3.63, 3.8) is 0 Å². The van der Waals surface area contributed by atoms with Gasteiger partial charge >= 0.3 is 0 Å². The van der Waals surface area contributed by atoms with E-state index in [1.54, 1.807) is 31.4 Å². The number of nitrogens with zero attached hydrogens (tertiary/aromatic N) is 3. The number of amides is 1. The highest BCUT2D eigenvalue weighted by Crippen LogP contribution is 2.27. The van der Waals surface area contributed by atoms with Gasteiger partial charge in [-0.05, 0) is 55.7 Å². The summed E-state index contributed by atoms with van der Waals surface area (Å²) < 4.78 is 7.37. The molecule has 6 nitrogen and oxygen atoms in total. The molecule has 0 bridgehead atoms. The number of aromatic nitrogens is 3. The molecule has 2 heterocycles. The number of benzene rings is 2. The smallest absolute Gasteiger partial charge is 0.255 e. The highest BCUT2D eigenvalue weighted by molar-refractivity contribution is 6.05. The Balaban J connectivity index is 1.61. The molecule has 0 radical (unpaired) electrons. The van der Waals surface area contributed by atoms with Crippen LogP contribution in [-0.4, -0.2) is 27.8 Å². The molecule has 3 aromatic rings. The van der Waals surface area contributed by atoms with E-state index in [1.807, 2.05) is 25.1 Å². The van der Waals surface area contributed by atoms with Crippen molar-refractivity contribution in [2.45, 2.75) is 39.2 Å². The molecule has 1 aromatic heterocycles. The second-order valence-electron chi connectivity index (χ2n) is 7.11. The zero-order valence-corrected chi connectivity index (χ0v) is 16.2. The maximum atomic E-state index is 12.7. The highest BCUT2D eigenvalue weighted by atomic mass is 16.5. The van der Waals surface area contributed by atoms with Crippen molar-refractivity contribution in [2.24, 2.45) is 0 Å². The lowest BCUT2D eigenvalue weighted by Gasteiger charge is -2.12. The van der Waals surface area contributed by atoms with E-state index in [4.69, 9.17) is 4.74 Å². The summed E-state index contributed by atoms with van der Waals surface area (Å²) in [4.78, 5) is 12.7. The highest BCUT2D eigenvalue weighted by Gasteiger charge is 2.17. The summed E-state index contributed by atoms with van der Waals surface area (Å²) in [7, 11) is 1.61. The standard InChI is InChI=1S/C22H24N4O2/c1-15-7-8-17(21-25-24-20-6-4-3-5-13-26(20)21)14-19(15)23-22(27)16-9-11-18(28-2)12-10-16/h7-12,14H,3-6,13H2,1-2H3,(H,23,27). The van der Waals surface area contributed by atoms with Gasteiger partial charge in [0.05, 0.1) is 7.11 Å². The van der Waals surface area contributed by atoms with Gasteiger partial charge in [0.15, 0.2) is 5.82 Å². The summed E-state index contributed by atoms with van der Waals surface area (Å²) in [5, 5.41) is 11.8. The summed E-state index contributed by atoms with van der Waals surface area (Å²) in [5.74, 6) is 2.50. The van der Waals surface area contributed by atoms with Crippen LogP contribution in [0.4, 0.5) is 5.69 Å². The lowest BCUT2D eigenvalue weighted by atomic mass is 10.1. The predicted molar refractivity (Wildman–Crippen MR) is 109 cm³/mol. The number of hydrogen-bond donors (Lipinski definition) is 1. The third-order valence-corrected chi connectivity index (χ3v) is 5.21. The zero-order valence-electron chi connectivity index (χ0n) is 16.2. The van der Waals surface area contributed by atoms with Crippen LogP contribution in [0, 0.1) is 6.92 Å². The van der Waals surface area contributed by atoms with E-state index >= 15 is 0 Å². The fourth-order valence-corrected chi connectivity index (χ4v) is 3.53. The van der Waals surface area contributed by atoms with Crippen molar-refractivity contribution < 1.29 is 9.53 Å². The molecule has 1 N–H and O–H groups in total. The van der Waals surface area contributed by atoms with Crippen LogP contribution in [0.3, 0.4) is 0 Å². The van der Waals surface area contributed by atoms with Gasteiger partial charge in [-0.25, -0.2) is 0 Å². The summed E-state index contributed by atoms with van der Waals surface area (Å²) >= 11 is 0. The maximum Gasteiger partial charge on any atom is 0.255 e. The molecule has 0 aliphatic carbocycles. The number of hydrogen-bond acceptors (Lipinski definition) is 4. The molecule has 0 unspecified atom stereocenters. The van der Waals surface area contributed by atoms with Crippen molar-refractivity contribution in [3.05, 3.63) is 59.4 Å². The number of ether oxygens (including phenoxy) is 1. The second kappa shape index (κ2) is 7.84. The predicted octanol–water partition coefficient (Wildman–Crippen LogP) is 4.24. The fourth-order valence-electron chi connectivity index (χ4n) is 3.53. The Labute approximate surface area is 164 Å². The van der Waals surface area contributed by atoms with Crippen LogP contribution in [0.5, 0.6) is 5.75 Å². The Morgan fingerprint density at radius 2 is 1.89 bits per heavy atom. The van der Waals surface area contributed by atoms with E-state index in [-0.39, 0.29) is 5.91 Å². The van der Waals surface area contributed by atoms with E-state index in [0.717, 1.165) is 60.0 Å². The molecule has 0 saturated carbocycles. The minimum absolute atomic E-state index is 0.150. The Morgan fingerprint density at radius 3 is 2.68 bits per heavy atom. The molecule has 1 aliphatic rings. The Hall–Kier alpha value is -3.15. The Kier molecular flexibility index (Phi) is 5.10. The quantitative estimate of drug-likeness (QED) is 0.739. The summed E-state index contributed by atoms with van der Waals surface area (Å²) in [6, 6.07) is 13.1. The van der Waals surface area contributed by atoms with Crippen molar-refractivity contribution >= 4 is 11.6 Å². The van der Waals surface area contributed by atoms with Crippen molar-refractivity contribution in [3.8, 4) is 17.1 Å². The average Bonchev–Trinajstić information content (AvgIpc) is 2.97. The molecule has 0 spiro atoms. The Morgan fingerprint density at radius 1 is 1.07 bits per heavy atom. The number of nitrogens with one attached hydrogen (secondary N) is 1. The van der Waals surface area contributed by atoms with Crippen molar-refractivity contribution in [1.29, 1.82) is 0 Å². The van der Waals surface area contributed by atoms with Crippen LogP contribution >= 0.6 is 0 Å². The molecule has 0 atom stereocenters. The molecule has 1 aliphatic heterocycles. The number of anilines is 1. The first-order valence-electron chi connectivity index (χ1n) is 9.64. The van der Waals surface area contributed by atoms with Crippen LogP contribution in [0.15, 0.2) is 42.5 Å². The molecule has 0 saturated heterocycles. The van der Waals surface area contributed by atoms with Gasteiger partial charge in [-0.2, -0.15) is 0 Å². The Bertz CT molecular complexity index is 992. The van der Waals surface area contributed by atoms with Crippen LogP contribution < -0.4 is 10.1 Å². The van der Waals surface area contributed by atoms with Gasteiger partial charge in [0, 0.05) is 29.8 Å². The second-order valence-corrected chi connectivity index (χ2v) is 7.11. The van der Waals surface area contributed by atoms with E-state index < -0.39 is 0 Å². The van der Waals surface area contributed by atoms with Crippen LogP contribution in [0.2, 0.25) is 0 Å². The first kappa shape index (κ1) is 18.2. The molecule has 4 rings (SSSR count). The van der Waals surface area contributed by atoms with E-state index in [0.29, 0.717) is 5.56 Å². The van der Waals surface area contributed by atoms with Gasteiger partial charge in [0.25, 0.3) is 5.91 Å². The lowest BCUT2D eigenvalue weighted by molar-refractivity contribution is 0.102. The molecule has 2 aromatic carbocycles. The monoisotopic (exact) mass is 376 g/mol. The molecule has 6 heteroatoms. The van der Waals surface area contributed by atoms with Crippen molar-refractivity contribution in [1.82, 2.24) is 14.8 Å². The SMILES string of the molecule is COc1ccc(C(=O)Nc2cc(-c3nnc4n3CCCCC4)ccc2C)cc1. The number of rotatable bonds is 4. The van der Waals surface area contributed by atoms with Crippen LogP contribution in [-0.2, 0) is 13.0 Å². The minimum Gasteiger partial charge on any atom is -0.497 e. The summed E-state index contributed by atoms with van der Waals surface area (Å²) in [5.41, 5.74) is 3.34. The molecule has 1 amide bonds. The number of aryl methyl sites for hydroxylation is 2. The molecule has 144 valence electrons. The first-order chi connectivity index (χ1) is 13.7. The molecular formula is C22H24N4O2. The number of carbonyl (C=O) groups excluding carboxylic acids is 1. The summed E-state index contributed by atoms with van der Waals surface area (Å²) in [6.45, 7) is 2.93. The van der Waals surface area contributed by atoms with E-state index in [9.17, 15) is 4.79 Å². The first-order valence-corrected chi connectivity index (χ1v) is 9.64. The van der Waals surface area contributed by atoms with Gasteiger partial charge in [-0.1, -0.05) is 18.6 Å². The molecule has 28 heavy (non-hydrogen) atoms. The fraction of sp³-hybridized carbons (Fsp3) is 0.318. The van der Waals surface area contributed by atoms with Crippen molar-refractivity contribution in [2.75, 3.05) is 12.4 Å². The number of methoxy groups -OCH3 is 1. The van der Waals surface area contributed by atoms with Crippen LogP contribution in [0.1, 0.15) is 41.0 Å². The molecular weight excluding hydrogens is 352 g/mol. The van der Waals surface area contributed by atoms with Gasteiger partial charge in [0.1, 0.15) is 11.6 Å². The largest absolute Gasteiger partial charge is 0.497 e. The van der Waals surface area contributed by atoms with E-state index in [2.05, 4.69) is 20.1 Å². The zero-order chi connectivity index (χ0) is 19.5. The third-order valence-electron chi connectivity index (χ3n) is 5.21. The van der Waals surface area contributed by atoms with Gasteiger partial charge in [-0.15, -0.1) is 10.2 Å². The van der Waals surface area contributed by atoms with Crippen LogP contribution in [0.25, 0.3) is 11.4 Å². The topological polar surface area (TPSA) is 69.0 Å². The average molecular weight is 376 g/mol. The molecule has 0 fully saturated rings. The van der Waals surface area contributed by atoms with Gasteiger partial charge < -0.3 is 14.6 Å². The number of carbonyl (C=O) groups is 1. The van der Waals surface area contributed by atoms with Gasteiger partial charge in [-0.3, -0.25) is 4.79 Å².